The third-order valence-corrected chi connectivity index (χ3v) is 4.93. The highest BCUT2D eigenvalue weighted by atomic mass is 32.2. The first-order valence-corrected chi connectivity index (χ1v) is 8.22. The summed E-state index contributed by atoms with van der Waals surface area (Å²) in [6, 6.07) is -1.02. The van der Waals surface area contributed by atoms with Crippen LogP contribution in [0.1, 0.15) is 19.8 Å². The quantitative estimate of drug-likeness (QED) is 0.717. The van der Waals surface area contributed by atoms with Crippen LogP contribution in [0.25, 0.3) is 0 Å². The molecule has 21 heavy (non-hydrogen) atoms. The molecule has 1 atom stereocenters. The summed E-state index contributed by atoms with van der Waals surface area (Å²) in [4.78, 5) is 11.7. The van der Waals surface area contributed by atoms with Crippen LogP contribution in [-0.2, 0) is 19.6 Å². The number of nitrogens with one attached hydrogen (secondary N) is 1. The summed E-state index contributed by atoms with van der Waals surface area (Å²) in [5.41, 5.74) is 0. The van der Waals surface area contributed by atoms with Gasteiger partial charge in [-0.05, 0) is 13.3 Å². The topological polar surface area (TPSA) is 75.7 Å². The fourth-order valence-corrected chi connectivity index (χ4v) is 3.69. The van der Waals surface area contributed by atoms with Crippen LogP contribution in [-0.4, -0.2) is 62.9 Å². The van der Waals surface area contributed by atoms with E-state index >= 15 is 0 Å². The lowest BCUT2D eigenvalue weighted by Gasteiger charge is -2.33. The van der Waals surface area contributed by atoms with Gasteiger partial charge >= 0.3 is 12.1 Å². The fourth-order valence-electron chi connectivity index (χ4n) is 2.03. The van der Waals surface area contributed by atoms with E-state index in [9.17, 15) is 26.4 Å². The number of piperazine rings is 1. The smallest absolute Gasteiger partial charge is 0.389 e. The minimum Gasteiger partial charge on any atom is -0.465 e. The van der Waals surface area contributed by atoms with Crippen molar-refractivity contribution in [2.45, 2.75) is 32.0 Å². The molecule has 1 heterocycles. The standard InChI is InChI=1S/C11H19F3N2O4S/c1-2-20-10(17)9-8-15-5-6-16(9)21(18,19)7-3-4-11(12,13)14/h9,15H,2-8H2,1H3. The number of alkyl halides is 3. The molecule has 0 aliphatic carbocycles. The summed E-state index contributed by atoms with van der Waals surface area (Å²) >= 11 is 0. The van der Waals surface area contributed by atoms with E-state index in [1.807, 2.05) is 0 Å². The average molecular weight is 332 g/mol. The van der Waals surface area contributed by atoms with Gasteiger partial charge in [-0.1, -0.05) is 0 Å². The van der Waals surface area contributed by atoms with E-state index in [1.165, 1.54) is 0 Å². The van der Waals surface area contributed by atoms with Gasteiger partial charge in [-0.3, -0.25) is 4.79 Å². The second-order valence-electron chi connectivity index (χ2n) is 4.62. The van der Waals surface area contributed by atoms with Crippen LogP contribution in [0.2, 0.25) is 0 Å². The molecular formula is C11H19F3N2O4S. The van der Waals surface area contributed by atoms with Gasteiger partial charge in [-0.15, -0.1) is 0 Å². The number of nitrogens with zero attached hydrogens (tertiary/aromatic N) is 1. The van der Waals surface area contributed by atoms with Crippen molar-refractivity contribution < 1.29 is 31.1 Å². The van der Waals surface area contributed by atoms with E-state index in [0.717, 1.165) is 4.31 Å². The summed E-state index contributed by atoms with van der Waals surface area (Å²) in [5.74, 6) is -1.33. The molecule has 0 aromatic heterocycles. The summed E-state index contributed by atoms with van der Waals surface area (Å²) in [7, 11) is -3.93. The second-order valence-corrected chi connectivity index (χ2v) is 6.66. The zero-order chi connectivity index (χ0) is 16.1. The number of hydrogen-bond donors (Lipinski definition) is 1. The molecule has 1 aliphatic rings. The van der Waals surface area contributed by atoms with Gasteiger partial charge in [0.2, 0.25) is 10.0 Å². The van der Waals surface area contributed by atoms with Gasteiger partial charge in [0.15, 0.2) is 0 Å². The zero-order valence-corrected chi connectivity index (χ0v) is 12.5. The van der Waals surface area contributed by atoms with Gasteiger partial charge in [-0.2, -0.15) is 17.5 Å². The first-order chi connectivity index (χ1) is 9.67. The number of halogens is 3. The molecule has 0 amide bonds. The molecule has 0 bridgehead atoms. The average Bonchev–Trinajstić information content (AvgIpc) is 2.37. The van der Waals surface area contributed by atoms with Crippen LogP contribution < -0.4 is 5.32 Å². The van der Waals surface area contributed by atoms with Crippen LogP contribution in [0.3, 0.4) is 0 Å². The van der Waals surface area contributed by atoms with Crippen molar-refractivity contribution in [2.75, 3.05) is 32.0 Å². The Hall–Kier alpha value is -0.870. The lowest BCUT2D eigenvalue weighted by atomic mass is 10.2. The Morgan fingerprint density at radius 2 is 2.10 bits per heavy atom. The normalized spacial score (nSPS) is 21.2. The number of sulfonamides is 1. The van der Waals surface area contributed by atoms with E-state index in [2.05, 4.69) is 5.32 Å². The van der Waals surface area contributed by atoms with Gasteiger partial charge in [0.1, 0.15) is 6.04 Å². The number of carbonyl (C=O) groups is 1. The number of esters is 1. The first-order valence-electron chi connectivity index (χ1n) is 6.61. The molecule has 1 unspecified atom stereocenters. The summed E-state index contributed by atoms with van der Waals surface area (Å²) in [6.45, 7) is 2.18. The molecule has 0 radical (unpaired) electrons. The highest BCUT2D eigenvalue weighted by Gasteiger charge is 2.38. The maximum absolute atomic E-state index is 12.1. The van der Waals surface area contributed by atoms with Crippen molar-refractivity contribution >= 4 is 16.0 Å². The van der Waals surface area contributed by atoms with Crippen LogP contribution in [0.15, 0.2) is 0 Å². The molecule has 1 aliphatic heterocycles. The molecule has 1 saturated heterocycles. The molecule has 124 valence electrons. The largest absolute Gasteiger partial charge is 0.465 e. The maximum Gasteiger partial charge on any atom is 0.389 e. The van der Waals surface area contributed by atoms with E-state index in [-0.39, 0.29) is 19.7 Å². The maximum atomic E-state index is 12.1. The second kappa shape index (κ2) is 7.41. The van der Waals surface area contributed by atoms with E-state index in [1.54, 1.807) is 6.92 Å². The number of rotatable bonds is 6. The van der Waals surface area contributed by atoms with Crippen LogP contribution in [0.4, 0.5) is 13.2 Å². The molecule has 1 N–H and O–H groups in total. The fraction of sp³-hybridized carbons (Fsp3) is 0.909. The first kappa shape index (κ1) is 18.2. The molecular weight excluding hydrogens is 313 g/mol. The molecule has 10 heteroatoms. The highest BCUT2D eigenvalue weighted by molar-refractivity contribution is 7.89. The van der Waals surface area contributed by atoms with Crippen molar-refractivity contribution in [2.24, 2.45) is 0 Å². The predicted octanol–water partition coefficient (Wildman–Crippen LogP) is 0.496. The highest BCUT2D eigenvalue weighted by Crippen LogP contribution is 2.22. The Labute approximate surface area is 121 Å². The summed E-state index contributed by atoms with van der Waals surface area (Å²) < 4.78 is 66.2. The van der Waals surface area contributed by atoms with Crippen LogP contribution in [0.5, 0.6) is 0 Å². The summed E-state index contributed by atoms with van der Waals surface area (Å²) in [5, 5.41) is 2.87. The van der Waals surface area contributed by atoms with Crippen molar-refractivity contribution in [3.8, 4) is 0 Å². The van der Waals surface area contributed by atoms with Crippen molar-refractivity contribution in [1.29, 1.82) is 0 Å². The predicted molar refractivity (Wildman–Crippen MR) is 69.1 cm³/mol. The minimum atomic E-state index is -4.39. The Morgan fingerprint density at radius 3 is 2.67 bits per heavy atom. The van der Waals surface area contributed by atoms with Gasteiger partial charge in [-0.25, -0.2) is 8.42 Å². The molecule has 0 aromatic rings. The van der Waals surface area contributed by atoms with Gasteiger partial charge < -0.3 is 10.1 Å². The SMILES string of the molecule is CCOC(=O)C1CNCCN1S(=O)(=O)CCCC(F)(F)F. The third kappa shape index (κ3) is 5.79. The van der Waals surface area contributed by atoms with Gasteiger partial charge in [0.05, 0.1) is 12.4 Å². The van der Waals surface area contributed by atoms with E-state index < -0.39 is 46.8 Å². The lowest BCUT2D eigenvalue weighted by Crippen LogP contribution is -2.57. The van der Waals surface area contributed by atoms with Crippen LogP contribution >= 0.6 is 0 Å². The Bertz CT molecular complexity index is 453. The molecule has 0 aromatic carbocycles. The van der Waals surface area contributed by atoms with Crippen molar-refractivity contribution in [3.05, 3.63) is 0 Å². The molecule has 0 saturated carbocycles. The third-order valence-electron chi connectivity index (χ3n) is 2.97. The van der Waals surface area contributed by atoms with Crippen LogP contribution in [0, 0.1) is 0 Å². The minimum absolute atomic E-state index is 0.0395. The molecule has 1 rings (SSSR count). The Balaban J connectivity index is 2.71. The zero-order valence-electron chi connectivity index (χ0n) is 11.6. The molecule has 1 fully saturated rings. The van der Waals surface area contributed by atoms with Crippen molar-refractivity contribution in [1.82, 2.24) is 9.62 Å². The number of carbonyl (C=O) groups excluding carboxylic acids is 1. The monoisotopic (exact) mass is 332 g/mol. The Kier molecular flexibility index (Phi) is 6.41. The van der Waals surface area contributed by atoms with E-state index in [4.69, 9.17) is 4.74 Å². The molecule has 6 nitrogen and oxygen atoms in total. The number of hydrogen-bond acceptors (Lipinski definition) is 5. The number of ether oxygens (including phenoxy) is 1. The van der Waals surface area contributed by atoms with Gasteiger partial charge in [0.25, 0.3) is 0 Å². The van der Waals surface area contributed by atoms with E-state index in [0.29, 0.717) is 6.54 Å². The van der Waals surface area contributed by atoms with Crippen molar-refractivity contribution in [3.63, 3.8) is 0 Å². The Morgan fingerprint density at radius 1 is 1.43 bits per heavy atom. The van der Waals surface area contributed by atoms with Gasteiger partial charge in [0, 0.05) is 26.1 Å². The summed E-state index contributed by atoms with van der Waals surface area (Å²) in [6.07, 6.45) is -6.08. The molecule has 0 spiro atoms. The lowest BCUT2D eigenvalue weighted by molar-refractivity contribution is -0.148.